The van der Waals surface area contributed by atoms with Crippen molar-refractivity contribution in [3.05, 3.63) is 78.4 Å². The summed E-state index contributed by atoms with van der Waals surface area (Å²) in [4.78, 5) is 28.2. The summed E-state index contributed by atoms with van der Waals surface area (Å²) in [6, 6.07) is 21.9. The van der Waals surface area contributed by atoms with Gasteiger partial charge in [0.05, 0.1) is 10.2 Å². The highest BCUT2D eigenvalue weighted by molar-refractivity contribution is 7.21. The number of amides is 2. The van der Waals surface area contributed by atoms with Crippen LogP contribution < -0.4 is 16.4 Å². The Morgan fingerprint density at radius 2 is 1.60 bits per heavy atom. The van der Waals surface area contributed by atoms with Crippen LogP contribution in [0.5, 0.6) is 0 Å². The van der Waals surface area contributed by atoms with Crippen molar-refractivity contribution in [3.8, 4) is 10.6 Å². The minimum absolute atomic E-state index is 0.183. The van der Waals surface area contributed by atoms with Crippen LogP contribution in [-0.2, 0) is 4.79 Å². The first-order chi connectivity index (χ1) is 14.5. The van der Waals surface area contributed by atoms with Gasteiger partial charge in [-0.25, -0.2) is 4.98 Å². The fourth-order valence-corrected chi connectivity index (χ4v) is 3.96. The van der Waals surface area contributed by atoms with E-state index in [0.29, 0.717) is 11.3 Å². The number of nitrogens with one attached hydrogen (secondary N) is 2. The molecule has 7 heteroatoms. The summed E-state index contributed by atoms with van der Waals surface area (Å²) < 4.78 is 1.16. The second-order valence-corrected chi connectivity index (χ2v) is 7.89. The molecule has 0 radical (unpaired) electrons. The Morgan fingerprint density at radius 1 is 0.933 bits per heavy atom. The third kappa shape index (κ3) is 4.31. The van der Waals surface area contributed by atoms with Crippen molar-refractivity contribution in [3.63, 3.8) is 0 Å². The van der Waals surface area contributed by atoms with Gasteiger partial charge in [0.15, 0.2) is 0 Å². The van der Waals surface area contributed by atoms with E-state index >= 15 is 0 Å². The number of nitrogens with zero attached hydrogens (tertiary/aromatic N) is 1. The topological polar surface area (TPSA) is 97.1 Å². The third-order valence-corrected chi connectivity index (χ3v) is 5.72. The smallest absolute Gasteiger partial charge is 0.248 e. The van der Waals surface area contributed by atoms with E-state index in [2.05, 4.69) is 21.7 Å². The number of benzene rings is 3. The van der Waals surface area contributed by atoms with Gasteiger partial charge in [0.2, 0.25) is 11.8 Å². The molecule has 0 aliphatic rings. The maximum atomic E-state index is 12.4. The minimum atomic E-state index is -0.503. The van der Waals surface area contributed by atoms with Crippen molar-refractivity contribution in [2.24, 2.45) is 5.73 Å². The van der Waals surface area contributed by atoms with Gasteiger partial charge >= 0.3 is 0 Å². The molecule has 3 aromatic carbocycles. The molecule has 30 heavy (non-hydrogen) atoms. The number of anilines is 2. The maximum Gasteiger partial charge on any atom is 0.248 e. The predicted molar refractivity (Wildman–Crippen MR) is 122 cm³/mol. The fourth-order valence-electron chi connectivity index (χ4n) is 2.99. The number of fused-ring (bicyclic) bond motifs is 1. The predicted octanol–water partition coefficient (Wildman–Crippen LogP) is 4.50. The van der Waals surface area contributed by atoms with Crippen molar-refractivity contribution in [2.75, 3.05) is 10.6 Å². The molecule has 0 fully saturated rings. The monoisotopic (exact) mass is 416 g/mol. The van der Waals surface area contributed by atoms with E-state index in [4.69, 9.17) is 5.73 Å². The molecule has 0 saturated heterocycles. The van der Waals surface area contributed by atoms with Gasteiger partial charge in [-0.1, -0.05) is 12.1 Å². The van der Waals surface area contributed by atoms with E-state index in [1.165, 1.54) is 0 Å². The lowest BCUT2D eigenvalue weighted by atomic mass is 10.2. The molecule has 0 aliphatic heterocycles. The molecule has 2 amide bonds. The molecular weight excluding hydrogens is 396 g/mol. The molecule has 0 saturated carbocycles. The lowest BCUT2D eigenvalue weighted by molar-refractivity contribution is -0.116. The Kier molecular flexibility index (Phi) is 5.45. The van der Waals surface area contributed by atoms with Gasteiger partial charge in [0.25, 0.3) is 0 Å². The molecule has 150 valence electrons. The van der Waals surface area contributed by atoms with Crippen molar-refractivity contribution < 1.29 is 9.59 Å². The molecule has 0 bridgehead atoms. The molecule has 1 atom stereocenters. The number of primary amides is 1. The van der Waals surface area contributed by atoms with Crippen LogP contribution in [0.25, 0.3) is 20.8 Å². The summed E-state index contributed by atoms with van der Waals surface area (Å²) in [6.45, 7) is 1.79. The Hall–Kier alpha value is -3.71. The second-order valence-electron chi connectivity index (χ2n) is 6.86. The maximum absolute atomic E-state index is 12.4. The van der Waals surface area contributed by atoms with Gasteiger partial charge < -0.3 is 16.4 Å². The molecule has 4 aromatic rings. The number of thiazole rings is 1. The average Bonchev–Trinajstić information content (AvgIpc) is 3.19. The van der Waals surface area contributed by atoms with Gasteiger partial charge in [0, 0.05) is 22.5 Å². The van der Waals surface area contributed by atoms with E-state index in [9.17, 15) is 9.59 Å². The third-order valence-electron chi connectivity index (χ3n) is 4.64. The number of carbonyl (C=O) groups excluding carboxylic acids is 2. The first kappa shape index (κ1) is 19.6. The molecule has 1 heterocycles. The number of hydrogen-bond acceptors (Lipinski definition) is 5. The highest BCUT2D eigenvalue weighted by Crippen LogP contribution is 2.30. The first-order valence-electron chi connectivity index (χ1n) is 9.43. The zero-order valence-electron chi connectivity index (χ0n) is 16.3. The van der Waals surface area contributed by atoms with Crippen LogP contribution in [0.1, 0.15) is 17.3 Å². The lowest BCUT2D eigenvalue weighted by Crippen LogP contribution is -2.31. The van der Waals surface area contributed by atoms with Crippen molar-refractivity contribution >= 4 is 44.7 Å². The van der Waals surface area contributed by atoms with E-state index in [1.54, 1.807) is 42.5 Å². The van der Waals surface area contributed by atoms with Crippen LogP contribution in [0, 0.1) is 0 Å². The number of carbonyl (C=O) groups is 2. The standard InChI is InChI=1S/C23H20N4O2S/c1-14(22(29)26-18-10-6-15(7-11-18)21(24)28)25-17-12-8-16(9-13-17)23-27-19-4-2-3-5-20(19)30-23/h2-14,25H,1H3,(H2,24,28)(H,26,29)/t14-/m0/s1. The van der Waals surface area contributed by atoms with Crippen LogP contribution in [0.4, 0.5) is 11.4 Å². The Bertz CT molecular complexity index is 1170. The van der Waals surface area contributed by atoms with Crippen LogP contribution in [0.15, 0.2) is 72.8 Å². The highest BCUT2D eigenvalue weighted by atomic mass is 32.1. The molecule has 0 unspecified atom stereocenters. The number of aromatic nitrogens is 1. The van der Waals surface area contributed by atoms with Gasteiger partial charge in [-0.2, -0.15) is 0 Å². The SMILES string of the molecule is C[C@H](Nc1ccc(-c2nc3ccccc3s2)cc1)C(=O)Nc1ccc(C(N)=O)cc1. The normalized spacial score (nSPS) is 11.8. The quantitative estimate of drug-likeness (QED) is 0.431. The summed E-state index contributed by atoms with van der Waals surface area (Å²) in [5, 5.41) is 6.98. The summed E-state index contributed by atoms with van der Waals surface area (Å²) in [7, 11) is 0. The van der Waals surface area contributed by atoms with Gasteiger partial charge in [-0.3, -0.25) is 9.59 Å². The van der Waals surface area contributed by atoms with Crippen LogP contribution in [0.3, 0.4) is 0 Å². The van der Waals surface area contributed by atoms with Gasteiger partial charge in [0.1, 0.15) is 11.0 Å². The number of hydrogen-bond donors (Lipinski definition) is 3. The van der Waals surface area contributed by atoms with Crippen LogP contribution in [0.2, 0.25) is 0 Å². The molecule has 1 aromatic heterocycles. The summed E-state index contributed by atoms with van der Waals surface area (Å²) >= 11 is 1.65. The highest BCUT2D eigenvalue weighted by Gasteiger charge is 2.13. The van der Waals surface area contributed by atoms with Crippen LogP contribution in [-0.4, -0.2) is 22.8 Å². The Morgan fingerprint density at radius 3 is 2.27 bits per heavy atom. The van der Waals surface area contributed by atoms with Crippen molar-refractivity contribution in [2.45, 2.75) is 13.0 Å². The van der Waals surface area contributed by atoms with Gasteiger partial charge in [-0.05, 0) is 67.6 Å². The zero-order valence-corrected chi connectivity index (χ0v) is 17.1. The van der Waals surface area contributed by atoms with E-state index in [0.717, 1.165) is 26.5 Å². The average molecular weight is 417 g/mol. The summed E-state index contributed by atoms with van der Waals surface area (Å²) in [5.74, 6) is -0.686. The second kappa shape index (κ2) is 8.34. The molecular formula is C23H20N4O2S. The molecule has 6 nitrogen and oxygen atoms in total. The molecule has 0 spiro atoms. The summed E-state index contributed by atoms with van der Waals surface area (Å²) in [6.07, 6.45) is 0. The zero-order chi connectivity index (χ0) is 21.1. The number of rotatable bonds is 6. The Balaban J connectivity index is 1.39. The number of para-hydroxylation sites is 1. The van der Waals surface area contributed by atoms with E-state index < -0.39 is 11.9 Å². The lowest BCUT2D eigenvalue weighted by Gasteiger charge is -2.15. The van der Waals surface area contributed by atoms with Crippen LogP contribution >= 0.6 is 11.3 Å². The summed E-state index contributed by atoms with van der Waals surface area (Å²) in [5.41, 5.74) is 9.09. The van der Waals surface area contributed by atoms with E-state index in [1.807, 2.05) is 42.5 Å². The molecule has 4 rings (SSSR count). The van der Waals surface area contributed by atoms with Gasteiger partial charge in [-0.15, -0.1) is 11.3 Å². The van der Waals surface area contributed by atoms with Crippen molar-refractivity contribution in [1.29, 1.82) is 0 Å². The first-order valence-corrected chi connectivity index (χ1v) is 10.2. The fraction of sp³-hybridized carbons (Fsp3) is 0.0870. The largest absolute Gasteiger partial charge is 0.374 e. The van der Waals surface area contributed by atoms with Crippen molar-refractivity contribution in [1.82, 2.24) is 4.98 Å². The molecule has 4 N–H and O–H groups in total. The van der Waals surface area contributed by atoms with E-state index in [-0.39, 0.29) is 5.91 Å². The number of nitrogens with two attached hydrogens (primary N) is 1. The minimum Gasteiger partial charge on any atom is -0.374 e. The molecule has 0 aliphatic carbocycles. The Labute approximate surface area is 177 Å².